The molecule has 100 valence electrons. The van der Waals surface area contributed by atoms with Gasteiger partial charge in [-0.25, -0.2) is 0 Å². The topological polar surface area (TPSA) is 55.6 Å². The van der Waals surface area contributed by atoms with Crippen molar-refractivity contribution in [2.75, 3.05) is 13.2 Å². The van der Waals surface area contributed by atoms with Crippen LogP contribution in [0.15, 0.2) is 0 Å². The molecule has 2 unspecified atom stereocenters. The third kappa shape index (κ3) is 1.67. The number of morpholine rings is 1. The van der Waals surface area contributed by atoms with Crippen LogP contribution in [0, 0.1) is 5.41 Å². The maximum atomic E-state index is 12.8. The Bertz CT molecular complexity index is 381. The van der Waals surface area contributed by atoms with E-state index in [0.29, 0.717) is 18.1 Å². The standard InChI is InChI=1S/C13H20N2O2S/c14-11(18)13(5-2-6-13)12(16)15-7-8-17-10-4-1-3-9(10)15/h9-10H,1-8H2,(H2,14,18). The Balaban J connectivity index is 1.81. The average molecular weight is 268 g/mol. The van der Waals surface area contributed by atoms with E-state index in [9.17, 15) is 4.79 Å². The van der Waals surface area contributed by atoms with Gasteiger partial charge in [0.15, 0.2) is 0 Å². The summed E-state index contributed by atoms with van der Waals surface area (Å²) < 4.78 is 5.75. The Morgan fingerprint density at radius 2 is 2.11 bits per heavy atom. The minimum absolute atomic E-state index is 0.168. The van der Waals surface area contributed by atoms with Gasteiger partial charge in [-0.05, 0) is 32.1 Å². The Morgan fingerprint density at radius 1 is 1.33 bits per heavy atom. The van der Waals surface area contributed by atoms with Crippen LogP contribution in [0.4, 0.5) is 0 Å². The molecule has 3 fully saturated rings. The molecule has 2 aliphatic carbocycles. The molecule has 0 bridgehead atoms. The second kappa shape index (κ2) is 4.46. The first kappa shape index (κ1) is 12.4. The van der Waals surface area contributed by atoms with Crippen molar-refractivity contribution < 1.29 is 9.53 Å². The number of carbonyl (C=O) groups excluding carboxylic acids is 1. The largest absolute Gasteiger partial charge is 0.392 e. The van der Waals surface area contributed by atoms with E-state index in [1.807, 2.05) is 4.90 Å². The smallest absolute Gasteiger partial charge is 0.236 e. The van der Waals surface area contributed by atoms with E-state index in [1.165, 1.54) is 0 Å². The molecule has 1 saturated heterocycles. The lowest BCUT2D eigenvalue weighted by Gasteiger charge is -2.47. The van der Waals surface area contributed by atoms with Gasteiger partial charge in [-0.15, -0.1) is 0 Å². The summed E-state index contributed by atoms with van der Waals surface area (Å²) in [5, 5.41) is 0. The van der Waals surface area contributed by atoms with Gasteiger partial charge in [0.2, 0.25) is 5.91 Å². The Kier molecular flexibility index (Phi) is 3.06. The van der Waals surface area contributed by atoms with Gasteiger partial charge in [-0.1, -0.05) is 18.6 Å². The second-order valence-electron chi connectivity index (χ2n) is 5.71. The first-order valence-corrected chi connectivity index (χ1v) is 7.28. The monoisotopic (exact) mass is 268 g/mol. The lowest BCUT2D eigenvalue weighted by atomic mass is 9.67. The molecule has 0 aromatic heterocycles. The summed E-state index contributed by atoms with van der Waals surface area (Å²) in [6.45, 7) is 1.35. The highest BCUT2D eigenvalue weighted by Gasteiger charge is 2.51. The number of carbonyl (C=O) groups is 1. The number of rotatable bonds is 2. The fourth-order valence-electron chi connectivity index (χ4n) is 3.55. The summed E-state index contributed by atoms with van der Waals surface area (Å²) >= 11 is 5.15. The molecule has 0 radical (unpaired) electrons. The molecular formula is C13H20N2O2S. The Morgan fingerprint density at radius 3 is 2.72 bits per heavy atom. The van der Waals surface area contributed by atoms with Crippen molar-refractivity contribution in [2.24, 2.45) is 11.1 Å². The number of nitrogens with two attached hydrogens (primary N) is 1. The molecule has 0 aromatic carbocycles. The number of hydrogen-bond acceptors (Lipinski definition) is 3. The van der Waals surface area contributed by atoms with E-state index in [4.69, 9.17) is 22.7 Å². The van der Waals surface area contributed by atoms with E-state index in [-0.39, 0.29) is 18.1 Å². The molecule has 4 nitrogen and oxygen atoms in total. The summed E-state index contributed by atoms with van der Waals surface area (Å²) in [5.74, 6) is 0.168. The van der Waals surface area contributed by atoms with Crippen LogP contribution in [0.3, 0.4) is 0 Å². The van der Waals surface area contributed by atoms with Crippen molar-refractivity contribution in [3.8, 4) is 0 Å². The van der Waals surface area contributed by atoms with Crippen LogP contribution >= 0.6 is 12.2 Å². The summed E-state index contributed by atoms with van der Waals surface area (Å²) in [5.41, 5.74) is 5.30. The molecule has 18 heavy (non-hydrogen) atoms. The predicted octanol–water partition coefficient (Wildman–Crippen LogP) is 1.22. The Labute approximate surface area is 113 Å². The first-order chi connectivity index (χ1) is 8.65. The molecule has 3 rings (SSSR count). The molecule has 5 heteroatoms. The number of hydrogen-bond donors (Lipinski definition) is 1. The number of ether oxygens (including phenoxy) is 1. The van der Waals surface area contributed by atoms with E-state index in [2.05, 4.69) is 0 Å². The molecule has 1 aliphatic heterocycles. The van der Waals surface area contributed by atoms with Crippen molar-refractivity contribution in [2.45, 2.75) is 50.7 Å². The molecule has 2 N–H and O–H groups in total. The third-order valence-electron chi connectivity index (χ3n) is 4.83. The van der Waals surface area contributed by atoms with Gasteiger partial charge in [0.05, 0.1) is 29.2 Å². The molecule has 0 aromatic rings. The highest BCUT2D eigenvalue weighted by molar-refractivity contribution is 7.80. The van der Waals surface area contributed by atoms with Crippen molar-refractivity contribution in [3.05, 3.63) is 0 Å². The van der Waals surface area contributed by atoms with Gasteiger partial charge in [-0.3, -0.25) is 4.79 Å². The fraction of sp³-hybridized carbons (Fsp3) is 0.846. The van der Waals surface area contributed by atoms with Crippen molar-refractivity contribution >= 4 is 23.1 Å². The summed E-state index contributed by atoms with van der Waals surface area (Å²) in [6.07, 6.45) is 6.25. The number of fused-ring (bicyclic) bond motifs is 1. The molecule has 2 saturated carbocycles. The summed E-state index contributed by atoms with van der Waals surface area (Å²) in [4.78, 5) is 15.2. The zero-order chi connectivity index (χ0) is 12.8. The maximum Gasteiger partial charge on any atom is 0.236 e. The fourth-order valence-corrected chi connectivity index (χ4v) is 3.84. The molecule has 3 aliphatic rings. The summed E-state index contributed by atoms with van der Waals surface area (Å²) in [6, 6.07) is 0.262. The zero-order valence-electron chi connectivity index (χ0n) is 10.6. The van der Waals surface area contributed by atoms with E-state index >= 15 is 0 Å². The van der Waals surface area contributed by atoms with Crippen LogP contribution in [-0.4, -0.2) is 41.1 Å². The molecule has 1 heterocycles. The highest BCUT2D eigenvalue weighted by atomic mass is 32.1. The van der Waals surface area contributed by atoms with Gasteiger partial charge in [0.1, 0.15) is 0 Å². The van der Waals surface area contributed by atoms with Gasteiger partial charge in [0.25, 0.3) is 0 Å². The number of nitrogens with zero attached hydrogens (tertiary/aromatic N) is 1. The number of thiocarbonyl (C=S) groups is 1. The zero-order valence-corrected chi connectivity index (χ0v) is 11.4. The van der Waals surface area contributed by atoms with Crippen LogP contribution in [0.1, 0.15) is 38.5 Å². The first-order valence-electron chi connectivity index (χ1n) is 6.88. The van der Waals surface area contributed by atoms with Crippen molar-refractivity contribution in [3.63, 3.8) is 0 Å². The minimum atomic E-state index is -0.528. The number of amides is 1. The lowest BCUT2D eigenvalue weighted by Crippen LogP contribution is -2.60. The van der Waals surface area contributed by atoms with Gasteiger partial charge in [0, 0.05) is 6.54 Å². The van der Waals surface area contributed by atoms with E-state index < -0.39 is 5.41 Å². The quantitative estimate of drug-likeness (QED) is 0.765. The van der Waals surface area contributed by atoms with Gasteiger partial charge >= 0.3 is 0 Å². The van der Waals surface area contributed by atoms with E-state index in [1.54, 1.807) is 0 Å². The van der Waals surface area contributed by atoms with Crippen LogP contribution < -0.4 is 5.73 Å². The van der Waals surface area contributed by atoms with Crippen LogP contribution in [-0.2, 0) is 9.53 Å². The van der Waals surface area contributed by atoms with Crippen molar-refractivity contribution in [1.29, 1.82) is 0 Å². The third-order valence-corrected chi connectivity index (χ3v) is 5.22. The van der Waals surface area contributed by atoms with Gasteiger partial charge in [-0.2, -0.15) is 0 Å². The molecule has 0 spiro atoms. The maximum absolute atomic E-state index is 12.8. The molecular weight excluding hydrogens is 248 g/mol. The highest BCUT2D eigenvalue weighted by Crippen LogP contribution is 2.44. The van der Waals surface area contributed by atoms with E-state index in [0.717, 1.165) is 38.5 Å². The van der Waals surface area contributed by atoms with Crippen LogP contribution in [0.2, 0.25) is 0 Å². The van der Waals surface area contributed by atoms with Crippen molar-refractivity contribution in [1.82, 2.24) is 4.90 Å². The Hall–Kier alpha value is -0.680. The average Bonchev–Trinajstić information content (AvgIpc) is 2.74. The summed E-state index contributed by atoms with van der Waals surface area (Å²) in [7, 11) is 0. The lowest BCUT2D eigenvalue weighted by molar-refractivity contribution is -0.154. The van der Waals surface area contributed by atoms with Gasteiger partial charge < -0.3 is 15.4 Å². The normalized spacial score (nSPS) is 33.7. The SMILES string of the molecule is NC(=S)C1(C(=O)N2CCOC3CCCC32)CCC1. The van der Waals surface area contributed by atoms with Crippen LogP contribution in [0.25, 0.3) is 0 Å². The second-order valence-corrected chi connectivity index (χ2v) is 6.15. The molecule has 1 amide bonds. The van der Waals surface area contributed by atoms with Crippen LogP contribution in [0.5, 0.6) is 0 Å². The predicted molar refractivity (Wildman–Crippen MR) is 72.2 cm³/mol. The molecule has 2 atom stereocenters. The minimum Gasteiger partial charge on any atom is -0.392 e.